The summed E-state index contributed by atoms with van der Waals surface area (Å²) in [6.45, 7) is 3.66. The summed E-state index contributed by atoms with van der Waals surface area (Å²) in [6, 6.07) is 3.77. The fraction of sp³-hybridized carbons (Fsp3) is 0.192. The van der Waals surface area contributed by atoms with E-state index in [1.54, 1.807) is 0 Å². The molecule has 0 amide bonds. The highest BCUT2D eigenvalue weighted by atomic mass is 19.2. The van der Waals surface area contributed by atoms with Crippen LogP contribution in [0.4, 0.5) is 43.9 Å². The van der Waals surface area contributed by atoms with Crippen LogP contribution < -0.4 is 15.4 Å². The number of halogens is 10. The Balaban J connectivity index is 2.29. The van der Waals surface area contributed by atoms with Crippen LogP contribution in [-0.4, -0.2) is 6.28 Å². The number of aromatic nitrogens is 1. The molecule has 0 spiro atoms. The Bertz CT molecular complexity index is 1330. The molecule has 0 saturated heterocycles. The molecular weight excluding hydrogens is 527 g/mol. The van der Waals surface area contributed by atoms with E-state index in [9.17, 15) is 26.3 Å². The van der Waals surface area contributed by atoms with E-state index in [4.69, 9.17) is 0 Å². The predicted octanol–water partition coefficient (Wildman–Crippen LogP) is 5.89. The maximum absolute atomic E-state index is 15.5. The number of pyridine rings is 1. The number of nitrogens with zero attached hydrogens (tertiary/aromatic N) is 1. The Morgan fingerprint density at radius 3 is 1.53 bits per heavy atom. The van der Waals surface area contributed by atoms with Crippen molar-refractivity contribution in [1.29, 1.82) is 0 Å². The lowest BCUT2D eigenvalue weighted by molar-refractivity contribution is -0.542. The molecule has 200 valence electrons. The molecular formula is C26H18BF10N. The van der Waals surface area contributed by atoms with Crippen LogP contribution in [0.3, 0.4) is 0 Å². The van der Waals surface area contributed by atoms with Crippen molar-refractivity contribution < 1.29 is 48.4 Å². The van der Waals surface area contributed by atoms with Gasteiger partial charge in [0.15, 0.2) is 34.9 Å². The van der Waals surface area contributed by atoms with Gasteiger partial charge in [0.1, 0.15) is 35.7 Å². The zero-order valence-electron chi connectivity index (χ0n) is 19.5. The first-order valence-corrected chi connectivity index (χ1v) is 11.5. The van der Waals surface area contributed by atoms with Crippen LogP contribution in [0.5, 0.6) is 0 Å². The van der Waals surface area contributed by atoms with Crippen LogP contribution in [0.25, 0.3) is 0 Å². The van der Waals surface area contributed by atoms with Gasteiger partial charge in [-0.05, 0) is 37.3 Å². The molecule has 0 N–H and O–H groups in total. The monoisotopic (exact) mass is 545 g/mol. The summed E-state index contributed by atoms with van der Waals surface area (Å²) in [5, 5.41) is 0. The first-order chi connectivity index (χ1) is 18.0. The topological polar surface area (TPSA) is 3.88 Å². The Kier molecular flexibility index (Phi) is 7.45. The maximum atomic E-state index is 15.5. The lowest BCUT2D eigenvalue weighted by Crippen LogP contribution is -2.81. The normalized spacial score (nSPS) is 15.9. The molecule has 0 radical (unpaired) electrons. The second kappa shape index (κ2) is 10.3. The molecule has 0 bridgehead atoms. The summed E-state index contributed by atoms with van der Waals surface area (Å²) in [7, 11) is 0. The van der Waals surface area contributed by atoms with Crippen molar-refractivity contribution in [3.05, 3.63) is 113 Å². The summed E-state index contributed by atoms with van der Waals surface area (Å²) in [5.74, 6) is -25.3. The van der Waals surface area contributed by atoms with Crippen molar-refractivity contribution in [3.8, 4) is 0 Å². The molecule has 1 heterocycles. The molecule has 1 aliphatic rings. The van der Waals surface area contributed by atoms with E-state index in [1.807, 2.05) is 0 Å². The zero-order chi connectivity index (χ0) is 27.9. The molecule has 1 aromatic heterocycles. The van der Waals surface area contributed by atoms with Crippen LogP contribution in [0, 0.1) is 64.1 Å². The molecule has 12 heteroatoms. The van der Waals surface area contributed by atoms with E-state index >= 15 is 17.6 Å². The largest absolute Gasteiger partial charge is 0.418 e. The fourth-order valence-corrected chi connectivity index (χ4v) is 5.35. The average molecular weight is 545 g/mol. The number of rotatable bonds is 6. The van der Waals surface area contributed by atoms with E-state index < -0.39 is 87.6 Å². The van der Waals surface area contributed by atoms with Crippen LogP contribution in [0.2, 0.25) is 6.32 Å². The van der Waals surface area contributed by atoms with Crippen molar-refractivity contribution in [1.82, 2.24) is 0 Å². The van der Waals surface area contributed by atoms with Gasteiger partial charge in [-0.1, -0.05) is 41.0 Å². The Labute approximate surface area is 210 Å². The van der Waals surface area contributed by atoms with Gasteiger partial charge in [0, 0.05) is 0 Å². The highest BCUT2D eigenvalue weighted by Crippen LogP contribution is 2.34. The van der Waals surface area contributed by atoms with Crippen LogP contribution >= 0.6 is 0 Å². The average Bonchev–Trinajstić information content (AvgIpc) is 2.93. The molecule has 0 fully saturated rings. The third kappa shape index (κ3) is 4.10. The van der Waals surface area contributed by atoms with E-state index in [1.165, 1.54) is 30.4 Å². The minimum atomic E-state index is -4.18. The first-order valence-electron chi connectivity index (χ1n) is 11.5. The number of hydrogen-bond donors (Lipinski definition) is 0. The van der Waals surface area contributed by atoms with Crippen molar-refractivity contribution in [2.75, 3.05) is 0 Å². The van der Waals surface area contributed by atoms with E-state index in [2.05, 4.69) is 6.58 Å². The van der Waals surface area contributed by atoms with Crippen LogP contribution in [0.1, 0.15) is 19.3 Å². The van der Waals surface area contributed by atoms with Gasteiger partial charge in [-0.3, -0.25) is 0 Å². The highest BCUT2D eigenvalue weighted by Gasteiger charge is 2.52. The molecule has 38 heavy (non-hydrogen) atoms. The SMILES string of the molecule is C=C[C@H]1CCCC=C1C[B-](c1c(F)c(F)c(F)c(F)c1F)(c1c(F)c(F)c(F)c(F)c1F)[n+]1ccccc1. The van der Waals surface area contributed by atoms with Gasteiger partial charge >= 0.3 is 6.28 Å². The molecule has 0 saturated carbocycles. The van der Waals surface area contributed by atoms with Crippen molar-refractivity contribution in [2.45, 2.75) is 25.6 Å². The van der Waals surface area contributed by atoms with Crippen molar-refractivity contribution in [3.63, 3.8) is 0 Å². The summed E-state index contributed by atoms with van der Waals surface area (Å²) >= 11 is 0. The molecule has 1 atom stereocenters. The lowest BCUT2D eigenvalue weighted by atomic mass is 9.24. The second-order valence-corrected chi connectivity index (χ2v) is 9.04. The number of hydrogen-bond acceptors (Lipinski definition) is 0. The van der Waals surface area contributed by atoms with E-state index in [0.29, 0.717) is 19.3 Å². The van der Waals surface area contributed by atoms with E-state index in [0.717, 1.165) is 16.9 Å². The smallest absolute Gasteiger partial charge is 0.347 e. The van der Waals surface area contributed by atoms with Gasteiger partial charge in [-0.2, -0.15) is 0 Å². The predicted molar refractivity (Wildman–Crippen MR) is 120 cm³/mol. The molecule has 1 aliphatic carbocycles. The fourth-order valence-electron chi connectivity index (χ4n) is 5.35. The van der Waals surface area contributed by atoms with Gasteiger partial charge in [-0.15, -0.1) is 6.58 Å². The first kappa shape index (κ1) is 27.5. The molecule has 0 unspecified atom stereocenters. The van der Waals surface area contributed by atoms with Gasteiger partial charge in [-0.25, -0.2) is 43.9 Å². The van der Waals surface area contributed by atoms with Gasteiger partial charge in [0.2, 0.25) is 0 Å². The Hall–Kier alpha value is -3.57. The highest BCUT2D eigenvalue weighted by molar-refractivity contribution is 6.96. The van der Waals surface area contributed by atoms with Crippen molar-refractivity contribution in [2.24, 2.45) is 5.92 Å². The van der Waals surface area contributed by atoms with Gasteiger partial charge < -0.3 is 4.48 Å². The summed E-state index contributed by atoms with van der Waals surface area (Å²) < 4.78 is 149. The zero-order valence-corrected chi connectivity index (χ0v) is 19.5. The Morgan fingerprint density at radius 1 is 0.684 bits per heavy atom. The van der Waals surface area contributed by atoms with Crippen LogP contribution in [0.15, 0.2) is 54.9 Å². The van der Waals surface area contributed by atoms with E-state index in [-0.39, 0.29) is 5.57 Å². The third-order valence-corrected chi connectivity index (χ3v) is 7.11. The minimum Gasteiger partial charge on any atom is -0.418 e. The molecule has 1 nitrogen and oxygen atoms in total. The lowest BCUT2D eigenvalue weighted by Gasteiger charge is -2.39. The number of allylic oxidation sites excluding steroid dienone is 3. The molecule has 2 aromatic carbocycles. The van der Waals surface area contributed by atoms with Crippen molar-refractivity contribution >= 4 is 17.2 Å². The summed E-state index contributed by atoms with van der Waals surface area (Å²) in [5.41, 5.74) is -3.24. The molecule has 4 rings (SSSR count). The maximum Gasteiger partial charge on any atom is 0.347 e. The van der Waals surface area contributed by atoms with Crippen LogP contribution in [-0.2, 0) is 0 Å². The Morgan fingerprint density at radius 2 is 1.11 bits per heavy atom. The van der Waals surface area contributed by atoms with Gasteiger partial charge in [0.25, 0.3) is 0 Å². The quantitative estimate of drug-likeness (QED) is 0.120. The van der Waals surface area contributed by atoms with Gasteiger partial charge in [0.05, 0.1) is 0 Å². The third-order valence-electron chi connectivity index (χ3n) is 7.11. The summed E-state index contributed by atoms with van der Waals surface area (Å²) in [6.07, 6.45) is 1.29. The number of benzene rings is 2. The second-order valence-electron chi connectivity index (χ2n) is 9.04. The minimum absolute atomic E-state index is 0.218. The summed E-state index contributed by atoms with van der Waals surface area (Å²) in [4.78, 5) is 0. The molecule has 3 aromatic rings. The standard InChI is InChI=1S/C26H18BF10N/c1-2-13-8-4-5-9-14(13)12-27(38-10-6-3-7-11-38,15-17(28)21(32)25(36)22(33)18(15)29)16-19(30)23(34)26(37)24(35)20(16)31/h2-3,6-7,9-11,13H,1,4-5,8,12H2/t13-/m0/s1. The molecule has 0 aliphatic heterocycles.